The Kier molecular flexibility index (Phi) is 42.5. The molecular weight excluding hydrogens is 790 g/mol. The van der Waals surface area contributed by atoms with Crippen molar-refractivity contribution in [2.75, 3.05) is 59.5 Å². The van der Waals surface area contributed by atoms with Gasteiger partial charge in [-0.25, -0.2) is 9.13 Å². The number of hydrogen-bond acceptors (Lipinski definition) is 11. The summed E-state index contributed by atoms with van der Waals surface area (Å²) in [5.74, 6) is 0. The van der Waals surface area contributed by atoms with Gasteiger partial charge in [0, 0.05) is 0 Å². The summed E-state index contributed by atoms with van der Waals surface area (Å²) in [5, 5.41) is 0. The van der Waals surface area contributed by atoms with E-state index in [1.165, 1.54) is 96.3 Å². The fraction of sp³-hybridized carbons (Fsp3) is 1.00. The number of ether oxygens (including phenoxy) is 6. The molecule has 58 heavy (non-hydrogen) atoms. The minimum atomic E-state index is -4.38. The number of phosphoric ester groups is 2. The first kappa shape index (κ1) is 60.1. The molecule has 0 spiro atoms. The number of unbranched alkanes of at least 4 members (excludes halogenated alkanes) is 12. The van der Waals surface area contributed by atoms with E-state index in [1.807, 2.05) is 20.8 Å². The van der Waals surface area contributed by atoms with E-state index >= 15 is 0 Å². The molecule has 0 heterocycles. The summed E-state index contributed by atoms with van der Waals surface area (Å²) >= 11 is 0. The highest BCUT2D eigenvalue weighted by molar-refractivity contribution is 7.47. The molecule has 0 aliphatic rings. The molecule has 3 N–H and O–H groups in total. The molecule has 0 saturated heterocycles. The van der Waals surface area contributed by atoms with E-state index in [0.29, 0.717) is 19.8 Å². The van der Waals surface area contributed by atoms with Gasteiger partial charge in [-0.3, -0.25) is 13.6 Å². The van der Waals surface area contributed by atoms with Crippen LogP contribution in [0.2, 0.25) is 0 Å². The Morgan fingerprint density at radius 3 is 0.931 bits per heavy atom. The van der Waals surface area contributed by atoms with Gasteiger partial charge < -0.3 is 43.1 Å². The van der Waals surface area contributed by atoms with E-state index in [2.05, 4.69) is 46.1 Å². The van der Waals surface area contributed by atoms with Crippen molar-refractivity contribution in [2.45, 2.75) is 215 Å². The summed E-state index contributed by atoms with van der Waals surface area (Å²) in [5.41, 5.74) is 0. The molecule has 0 aliphatic carbocycles. The molecule has 0 radical (unpaired) electrons. The lowest BCUT2D eigenvalue weighted by atomic mass is 10.1. The summed E-state index contributed by atoms with van der Waals surface area (Å²) in [6, 6.07) is 0. The molecule has 0 aromatic carbocycles. The van der Waals surface area contributed by atoms with Crippen LogP contribution in [0.25, 0.3) is 0 Å². The normalized spacial score (nSPS) is 16.2. The molecule has 0 saturated carbocycles. The lowest BCUT2D eigenvalue weighted by Crippen LogP contribution is -2.23. The van der Waals surface area contributed by atoms with Gasteiger partial charge >= 0.3 is 15.6 Å². The summed E-state index contributed by atoms with van der Waals surface area (Å²) in [6.45, 7) is 20.3. The Bertz CT molecular complexity index is 917. The van der Waals surface area contributed by atoms with Crippen molar-refractivity contribution in [1.29, 1.82) is 0 Å². The molecule has 0 bridgehead atoms. The molecule has 0 fully saturated rings. The van der Waals surface area contributed by atoms with E-state index in [0.717, 1.165) is 19.3 Å². The van der Waals surface area contributed by atoms with Crippen LogP contribution in [0.1, 0.15) is 178 Å². The van der Waals surface area contributed by atoms with E-state index in [-0.39, 0.29) is 76.3 Å². The highest BCUT2D eigenvalue weighted by atomic mass is 31.2. The Labute approximate surface area is 354 Å². The third kappa shape index (κ3) is 47.0. The first-order chi connectivity index (χ1) is 27.5. The van der Waals surface area contributed by atoms with Crippen LogP contribution in [-0.4, -0.2) is 111 Å². The predicted molar refractivity (Wildman–Crippen MR) is 232 cm³/mol. The summed E-state index contributed by atoms with van der Waals surface area (Å²) < 4.78 is 70.6. The van der Waals surface area contributed by atoms with Crippen molar-refractivity contribution in [3.05, 3.63) is 0 Å². The van der Waals surface area contributed by atoms with Crippen LogP contribution in [0.15, 0.2) is 0 Å². The zero-order valence-corrected chi connectivity index (χ0v) is 40.1. The van der Waals surface area contributed by atoms with Crippen LogP contribution < -0.4 is 0 Å². The summed E-state index contributed by atoms with van der Waals surface area (Å²) in [4.78, 5) is 26.8. The lowest BCUT2D eigenvalue weighted by Gasteiger charge is -2.20. The fourth-order valence-electron chi connectivity index (χ4n) is 6.04. The minimum Gasteiger partial charge on any atom is -0.376 e. The van der Waals surface area contributed by atoms with Gasteiger partial charge in [0.05, 0.1) is 96.1 Å². The Hall–Kier alpha value is -0.0200. The van der Waals surface area contributed by atoms with Gasteiger partial charge in [-0.15, -0.1) is 0 Å². The molecule has 6 unspecified atom stereocenters. The number of rotatable bonds is 42. The van der Waals surface area contributed by atoms with Gasteiger partial charge in [0.25, 0.3) is 0 Å². The molecule has 0 rings (SSSR count). The van der Waals surface area contributed by atoms with Crippen LogP contribution in [0.4, 0.5) is 0 Å². The van der Waals surface area contributed by atoms with Gasteiger partial charge in [-0.2, -0.15) is 0 Å². The molecule has 6 atom stereocenters. The summed E-state index contributed by atoms with van der Waals surface area (Å²) in [6.07, 6.45) is 22.5. The molecule has 0 aliphatic heterocycles. The summed E-state index contributed by atoms with van der Waals surface area (Å²) in [7, 11) is -8.51. The smallest absolute Gasteiger partial charge is 0.376 e. The van der Waals surface area contributed by atoms with Crippen LogP contribution >= 0.6 is 15.6 Å². The maximum absolute atomic E-state index is 12.0. The van der Waals surface area contributed by atoms with E-state index in [4.69, 9.17) is 47.3 Å². The quantitative estimate of drug-likeness (QED) is 0.0390. The Morgan fingerprint density at radius 2 is 0.655 bits per heavy atom. The number of hydrogen-bond donors (Lipinski definition) is 3. The van der Waals surface area contributed by atoms with Crippen LogP contribution in [-0.2, 0) is 51.1 Å². The van der Waals surface area contributed by atoms with Gasteiger partial charge in [-0.1, -0.05) is 117 Å². The lowest BCUT2D eigenvalue weighted by molar-refractivity contribution is -0.0516. The maximum Gasteiger partial charge on any atom is 0.472 e. The zero-order chi connectivity index (χ0) is 43.9. The van der Waals surface area contributed by atoms with E-state index in [1.54, 1.807) is 0 Å². The Morgan fingerprint density at radius 1 is 0.379 bits per heavy atom. The van der Waals surface area contributed by atoms with E-state index < -0.39 is 15.6 Å². The molecular formula is C42H90O14P2. The standard InChI is InChI=1S/C28H59O8P.C14H31O6P/c1-7-9-11-13-15-17-25(3)35-27(5)23-31-19-21-33-37(29,30)34-22-20-32-24-28(6)36-26(4)18-16-14-12-10-8-2;1-4-5-6-7-8-9-13(2)20-14(3)12-18-10-11-19-21(15,16)17/h25-28H,7-24H2,1-6H3,(H,29,30);13-14H,4-12H2,1-3H3,(H2,15,16,17). The van der Waals surface area contributed by atoms with Gasteiger partial charge in [0.2, 0.25) is 0 Å². The SMILES string of the molecule is CCCCCCCC(C)OC(C)COCCOP(=O)(O)O.CCCCCCCC(C)OC(C)COCCOP(=O)(O)OCCOCC(C)OC(C)CCCCCCC. The molecule has 0 aromatic rings. The largest absolute Gasteiger partial charge is 0.472 e. The molecule has 14 nitrogen and oxygen atoms in total. The first-order valence-electron chi connectivity index (χ1n) is 22.6. The third-order valence-electron chi connectivity index (χ3n) is 9.05. The third-order valence-corrected chi connectivity index (χ3v) is 10.6. The molecule has 16 heteroatoms. The van der Waals surface area contributed by atoms with Crippen molar-refractivity contribution in [3.63, 3.8) is 0 Å². The first-order valence-corrected chi connectivity index (χ1v) is 25.6. The minimum absolute atomic E-state index is 0.0322. The van der Waals surface area contributed by atoms with Crippen LogP contribution in [0, 0.1) is 0 Å². The van der Waals surface area contributed by atoms with E-state index in [9.17, 15) is 14.0 Å². The zero-order valence-electron chi connectivity index (χ0n) is 38.3. The average Bonchev–Trinajstić information content (AvgIpc) is 3.13. The highest BCUT2D eigenvalue weighted by Gasteiger charge is 2.21. The van der Waals surface area contributed by atoms with Gasteiger partial charge in [-0.05, 0) is 60.8 Å². The predicted octanol–water partition coefficient (Wildman–Crippen LogP) is 10.7. The van der Waals surface area contributed by atoms with Gasteiger partial charge in [0.1, 0.15) is 0 Å². The van der Waals surface area contributed by atoms with Crippen molar-refractivity contribution in [3.8, 4) is 0 Å². The highest BCUT2D eigenvalue weighted by Crippen LogP contribution is 2.42. The topological polar surface area (TPSA) is 178 Å². The van der Waals surface area contributed by atoms with Gasteiger partial charge in [0.15, 0.2) is 0 Å². The van der Waals surface area contributed by atoms with Crippen LogP contribution in [0.5, 0.6) is 0 Å². The number of phosphoric acid groups is 2. The molecule has 0 amide bonds. The van der Waals surface area contributed by atoms with Crippen LogP contribution in [0.3, 0.4) is 0 Å². The Balaban J connectivity index is 0. The van der Waals surface area contributed by atoms with Crippen molar-refractivity contribution < 1.29 is 65.8 Å². The average molecular weight is 881 g/mol. The molecule has 352 valence electrons. The second kappa shape index (κ2) is 41.0. The maximum atomic E-state index is 12.0. The second-order valence-corrected chi connectivity index (χ2v) is 18.3. The fourth-order valence-corrected chi connectivity index (χ4v) is 7.04. The van der Waals surface area contributed by atoms with Crippen molar-refractivity contribution in [1.82, 2.24) is 0 Å². The van der Waals surface area contributed by atoms with Crippen molar-refractivity contribution in [2.24, 2.45) is 0 Å². The second-order valence-electron chi connectivity index (χ2n) is 15.6. The monoisotopic (exact) mass is 881 g/mol. The van der Waals surface area contributed by atoms with Crippen molar-refractivity contribution >= 4 is 15.6 Å². The molecule has 0 aromatic heterocycles.